The van der Waals surface area contributed by atoms with Crippen LogP contribution in [0.15, 0.2) is 18.2 Å². The van der Waals surface area contributed by atoms with Crippen LogP contribution in [-0.2, 0) is 0 Å². The Morgan fingerprint density at radius 2 is 2.00 bits per heavy atom. The molecule has 0 bridgehead atoms. The predicted octanol–water partition coefficient (Wildman–Crippen LogP) is 5.39. The first kappa shape index (κ1) is 16.5. The molecule has 2 rings (SSSR count). The predicted molar refractivity (Wildman–Crippen MR) is 87.9 cm³/mol. The normalized spacial score (nSPS) is 24.0. The second-order valence-electron chi connectivity index (χ2n) is 6.56. The summed E-state index contributed by atoms with van der Waals surface area (Å²) in [5, 5.41) is 3.70. The summed E-state index contributed by atoms with van der Waals surface area (Å²) in [6.45, 7) is 7.34. The molecule has 0 aliphatic heterocycles. The molecule has 0 radical (unpaired) electrons. The molecule has 1 aliphatic carbocycles. The second kappa shape index (κ2) is 7.93. The molecule has 1 saturated carbocycles. The Labute approximate surface area is 129 Å². The number of aryl methyl sites for hydroxylation is 1. The zero-order valence-corrected chi connectivity index (χ0v) is 13.8. The van der Waals surface area contributed by atoms with Crippen LogP contribution < -0.4 is 5.32 Å². The van der Waals surface area contributed by atoms with Crippen LogP contribution in [0.1, 0.15) is 69.5 Å². The fraction of sp³-hybridized carbons (Fsp3) is 0.684. The van der Waals surface area contributed by atoms with Crippen molar-refractivity contribution in [2.75, 3.05) is 6.54 Å². The van der Waals surface area contributed by atoms with E-state index in [0.717, 1.165) is 30.0 Å². The average Bonchev–Trinajstić information content (AvgIpc) is 2.51. The molecule has 0 saturated heterocycles. The molecule has 3 atom stereocenters. The van der Waals surface area contributed by atoms with Gasteiger partial charge in [0.2, 0.25) is 0 Å². The lowest BCUT2D eigenvalue weighted by Gasteiger charge is -2.38. The zero-order valence-electron chi connectivity index (χ0n) is 13.8. The summed E-state index contributed by atoms with van der Waals surface area (Å²) in [6.07, 6.45) is 7.64. The van der Waals surface area contributed by atoms with Gasteiger partial charge in [-0.2, -0.15) is 0 Å². The first-order chi connectivity index (χ1) is 10.2. The Hall–Kier alpha value is -0.890. The van der Waals surface area contributed by atoms with Crippen molar-refractivity contribution in [3.8, 4) is 0 Å². The molecule has 1 aromatic rings. The number of hydrogen-bond acceptors (Lipinski definition) is 1. The molecule has 0 heterocycles. The maximum atomic E-state index is 14.0. The molecule has 1 aromatic carbocycles. The topological polar surface area (TPSA) is 12.0 Å². The van der Waals surface area contributed by atoms with E-state index < -0.39 is 0 Å². The molecule has 1 nitrogen and oxygen atoms in total. The van der Waals surface area contributed by atoms with Gasteiger partial charge in [-0.15, -0.1) is 0 Å². The highest BCUT2D eigenvalue weighted by Crippen LogP contribution is 2.40. The van der Waals surface area contributed by atoms with Crippen LogP contribution in [0.25, 0.3) is 0 Å². The molecule has 0 aromatic heterocycles. The Morgan fingerprint density at radius 3 is 2.67 bits per heavy atom. The molecule has 118 valence electrons. The molecule has 2 heteroatoms. The summed E-state index contributed by atoms with van der Waals surface area (Å²) in [4.78, 5) is 0. The lowest BCUT2D eigenvalue weighted by atomic mass is 9.72. The molecule has 1 fully saturated rings. The van der Waals surface area contributed by atoms with Gasteiger partial charge in [-0.05, 0) is 55.3 Å². The van der Waals surface area contributed by atoms with E-state index >= 15 is 0 Å². The van der Waals surface area contributed by atoms with Gasteiger partial charge in [0.15, 0.2) is 0 Å². The Kier molecular flexibility index (Phi) is 6.22. The number of benzene rings is 1. The summed E-state index contributed by atoms with van der Waals surface area (Å²) in [6, 6.07) is 6.11. The molecule has 3 unspecified atom stereocenters. The first-order valence-corrected chi connectivity index (χ1v) is 8.66. The standard InChI is InChI=1S/C19H30FN/c1-4-12-21-19(16-11-10-14(3)18(20)13-16)17-9-7-6-8-15(17)5-2/h10-11,13,15,17,19,21H,4-9,12H2,1-3H3. The summed E-state index contributed by atoms with van der Waals surface area (Å²) < 4.78 is 14.0. The van der Waals surface area contributed by atoms with Crippen LogP contribution in [0.4, 0.5) is 4.39 Å². The van der Waals surface area contributed by atoms with Gasteiger partial charge < -0.3 is 5.32 Å². The highest BCUT2D eigenvalue weighted by molar-refractivity contribution is 5.26. The number of nitrogens with one attached hydrogen (secondary N) is 1. The number of rotatable bonds is 6. The smallest absolute Gasteiger partial charge is 0.126 e. The van der Waals surface area contributed by atoms with Gasteiger partial charge in [0.05, 0.1) is 0 Å². The lowest BCUT2D eigenvalue weighted by Crippen LogP contribution is -2.35. The Bertz CT molecular complexity index is 443. The third kappa shape index (κ3) is 4.06. The van der Waals surface area contributed by atoms with E-state index in [2.05, 4.69) is 25.2 Å². The van der Waals surface area contributed by atoms with Gasteiger partial charge in [-0.1, -0.05) is 51.7 Å². The second-order valence-corrected chi connectivity index (χ2v) is 6.56. The summed E-state index contributed by atoms with van der Waals surface area (Å²) >= 11 is 0. The average molecular weight is 291 g/mol. The van der Waals surface area contributed by atoms with Crippen LogP contribution in [-0.4, -0.2) is 6.54 Å². The van der Waals surface area contributed by atoms with Crippen LogP contribution in [0.3, 0.4) is 0 Å². The van der Waals surface area contributed by atoms with E-state index in [-0.39, 0.29) is 5.82 Å². The zero-order chi connectivity index (χ0) is 15.2. The van der Waals surface area contributed by atoms with Gasteiger partial charge in [0, 0.05) is 6.04 Å². The van der Waals surface area contributed by atoms with E-state index in [1.165, 1.54) is 32.1 Å². The lowest BCUT2D eigenvalue weighted by molar-refractivity contribution is 0.175. The van der Waals surface area contributed by atoms with E-state index in [1.54, 1.807) is 6.07 Å². The van der Waals surface area contributed by atoms with Gasteiger partial charge in [0.25, 0.3) is 0 Å². The molecule has 21 heavy (non-hydrogen) atoms. The molecular weight excluding hydrogens is 261 g/mol. The highest BCUT2D eigenvalue weighted by atomic mass is 19.1. The quantitative estimate of drug-likeness (QED) is 0.741. The van der Waals surface area contributed by atoms with Crippen molar-refractivity contribution in [3.63, 3.8) is 0 Å². The van der Waals surface area contributed by atoms with Crippen molar-refractivity contribution < 1.29 is 4.39 Å². The fourth-order valence-electron chi connectivity index (χ4n) is 3.80. The van der Waals surface area contributed by atoms with E-state index in [9.17, 15) is 4.39 Å². The van der Waals surface area contributed by atoms with E-state index in [4.69, 9.17) is 0 Å². The minimum atomic E-state index is -0.0698. The van der Waals surface area contributed by atoms with Crippen molar-refractivity contribution in [2.45, 2.75) is 65.3 Å². The number of halogens is 1. The largest absolute Gasteiger partial charge is 0.310 e. The monoisotopic (exact) mass is 291 g/mol. The minimum absolute atomic E-state index is 0.0698. The van der Waals surface area contributed by atoms with Crippen LogP contribution in [0.2, 0.25) is 0 Å². The van der Waals surface area contributed by atoms with Crippen LogP contribution >= 0.6 is 0 Å². The van der Waals surface area contributed by atoms with Crippen molar-refractivity contribution in [3.05, 3.63) is 35.1 Å². The fourth-order valence-corrected chi connectivity index (χ4v) is 3.80. The van der Waals surface area contributed by atoms with E-state index in [1.807, 2.05) is 13.0 Å². The van der Waals surface area contributed by atoms with Crippen LogP contribution in [0.5, 0.6) is 0 Å². The van der Waals surface area contributed by atoms with Crippen molar-refractivity contribution in [1.82, 2.24) is 5.32 Å². The van der Waals surface area contributed by atoms with Crippen molar-refractivity contribution in [1.29, 1.82) is 0 Å². The SMILES string of the molecule is CCCNC(c1ccc(C)c(F)c1)C1CCCCC1CC. The summed E-state index contributed by atoms with van der Waals surface area (Å²) in [5.74, 6) is 1.36. The molecular formula is C19H30FN. The highest BCUT2D eigenvalue weighted by Gasteiger charge is 2.31. The summed E-state index contributed by atoms with van der Waals surface area (Å²) in [5.41, 5.74) is 1.88. The van der Waals surface area contributed by atoms with Crippen molar-refractivity contribution >= 4 is 0 Å². The molecule has 0 spiro atoms. The maximum absolute atomic E-state index is 14.0. The van der Waals surface area contributed by atoms with Crippen LogP contribution in [0, 0.1) is 24.6 Å². The first-order valence-electron chi connectivity index (χ1n) is 8.66. The Morgan fingerprint density at radius 1 is 1.24 bits per heavy atom. The molecule has 1 aliphatic rings. The van der Waals surface area contributed by atoms with Gasteiger partial charge in [0.1, 0.15) is 5.82 Å². The van der Waals surface area contributed by atoms with Gasteiger partial charge in [-0.25, -0.2) is 4.39 Å². The summed E-state index contributed by atoms with van der Waals surface area (Å²) in [7, 11) is 0. The molecule has 1 N–H and O–H groups in total. The van der Waals surface area contributed by atoms with E-state index in [0.29, 0.717) is 12.0 Å². The third-order valence-electron chi connectivity index (χ3n) is 5.09. The minimum Gasteiger partial charge on any atom is -0.310 e. The van der Waals surface area contributed by atoms with Gasteiger partial charge in [-0.3, -0.25) is 0 Å². The third-order valence-corrected chi connectivity index (χ3v) is 5.09. The van der Waals surface area contributed by atoms with Gasteiger partial charge >= 0.3 is 0 Å². The maximum Gasteiger partial charge on any atom is 0.126 e. The molecule has 0 amide bonds. The van der Waals surface area contributed by atoms with Crippen molar-refractivity contribution in [2.24, 2.45) is 11.8 Å². The Balaban J connectivity index is 2.25. The number of hydrogen-bond donors (Lipinski definition) is 1.